The monoisotopic (exact) mass is 359 g/mol. The zero-order valence-corrected chi connectivity index (χ0v) is 14.9. The number of hydrogen-bond donors (Lipinski definition) is 3. The van der Waals surface area contributed by atoms with Gasteiger partial charge in [-0.15, -0.1) is 12.4 Å². The molecule has 132 valence electrons. The fourth-order valence-corrected chi connectivity index (χ4v) is 2.83. The smallest absolute Gasteiger partial charge is 0.248 e. The van der Waals surface area contributed by atoms with Crippen molar-refractivity contribution in [2.75, 3.05) is 10.6 Å². The van der Waals surface area contributed by atoms with Crippen LogP contribution in [-0.4, -0.2) is 11.8 Å². The molecule has 0 saturated carbocycles. The van der Waals surface area contributed by atoms with Crippen LogP contribution in [0.5, 0.6) is 0 Å². The summed E-state index contributed by atoms with van der Waals surface area (Å²) in [6.45, 7) is 1.70. The predicted molar refractivity (Wildman–Crippen MR) is 102 cm³/mol. The lowest BCUT2D eigenvalue weighted by molar-refractivity contribution is -0.121. The first-order chi connectivity index (χ1) is 11.5. The number of amides is 2. The zero-order chi connectivity index (χ0) is 17.2. The standard InChI is InChI=1S/C19H21N3O2.ClH/c1-19(20,14-7-3-2-4-8-14)18(24)21-15-10-11-16-13(12-15)6-5-9-17(23)22-16;/h2-4,7-8,10-12H,5-6,9,20H2,1H3,(H,21,24)(H,22,23);1H. The Morgan fingerprint density at radius 3 is 2.60 bits per heavy atom. The third-order valence-electron chi connectivity index (χ3n) is 4.33. The van der Waals surface area contributed by atoms with E-state index < -0.39 is 5.54 Å². The number of anilines is 2. The average Bonchev–Trinajstić information content (AvgIpc) is 2.76. The van der Waals surface area contributed by atoms with Crippen molar-refractivity contribution in [1.29, 1.82) is 0 Å². The highest BCUT2D eigenvalue weighted by Gasteiger charge is 2.30. The molecular weight excluding hydrogens is 338 g/mol. The molecule has 1 heterocycles. The van der Waals surface area contributed by atoms with Gasteiger partial charge in [0.1, 0.15) is 5.54 Å². The SMILES string of the molecule is CC(N)(C(=O)Nc1ccc2c(c1)CCCC(=O)N2)c1ccccc1.Cl. The number of carbonyl (C=O) groups is 2. The number of carbonyl (C=O) groups excluding carboxylic acids is 2. The Labute approximate surface area is 153 Å². The van der Waals surface area contributed by atoms with Crippen LogP contribution in [0.1, 0.15) is 30.9 Å². The summed E-state index contributed by atoms with van der Waals surface area (Å²) in [5.74, 6) is -0.240. The molecular formula is C19H22ClN3O2. The van der Waals surface area contributed by atoms with Crippen molar-refractivity contribution in [3.05, 3.63) is 59.7 Å². The van der Waals surface area contributed by atoms with Gasteiger partial charge < -0.3 is 16.4 Å². The topological polar surface area (TPSA) is 84.2 Å². The summed E-state index contributed by atoms with van der Waals surface area (Å²) in [6.07, 6.45) is 2.12. The molecule has 1 atom stereocenters. The van der Waals surface area contributed by atoms with Crippen molar-refractivity contribution in [3.63, 3.8) is 0 Å². The Bertz CT molecular complexity index is 775. The van der Waals surface area contributed by atoms with Gasteiger partial charge in [0.05, 0.1) is 0 Å². The first kappa shape index (κ1) is 19.0. The maximum atomic E-state index is 12.6. The second kappa shape index (κ2) is 7.68. The molecule has 4 N–H and O–H groups in total. The Hall–Kier alpha value is -2.37. The van der Waals surface area contributed by atoms with Crippen molar-refractivity contribution >= 4 is 35.6 Å². The molecule has 3 rings (SSSR count). The van der Waals surface area contributed by atoms with Gasteiger partial charge in [0.25, 0.3) is 0 Å². The molecule has 0 aromatic heterocycles. The molecule has 2 aromatic carbocycles. The lowest BCUT2D eigenvalue weighted by atomic mass is 9.92. The van der Waals surface area contributed by atoms with Gasteiger partial charge in [-0.05, 0) is 49.1 Å². The molecule has 2 amide bonds. The van der Waals surface area contributed by atoms with Crippen LogP contribution in [-0.2, 0) is 21.5 Å². The summed E-state index contributed by atoms with van der Waals surface area (Å²) in [5.41, 5.74) is 8.39. The fourth-order valence-electron chi connectivity index (χ4n) is 2.83. The van der Waals surface area contributed by atoms with Crippen molar-refractivity contribution in [3.8, 4) is 0 Å². The van der Waals surface area contributed by atoms with E-state index in [9.17, 15) is 9.59 Å². The number of fused-ring (bicyclic) bond motifs is 1. The first-order valence-electron chi connectivity index (χ1n) is 8.05. The van der Waals surface area contributed by atoms with Crippen LogP contribution in [0.15, 0.2) is 48.5 Å². The first-order valence-corrected chi connectivity index (χ1v) is 8.05. The Morgan fingerprint density at radius 1 is 1.16 bits per heavy atom. The van der Waals surface area contributed by atoms with Crippen LogP contribution >= 0.6 is 12.4 Å². The molecule has 5 nitrogen and oxygen atoms in total. The summed E-state index contributed by atoms with van der Waals surface area (Å²) < 4.78 is 0. The van der Waals surface area contributed by atoms with E-state index in [1.807, 2.05) is 42.5 Å². The Balaban J connectivity index is 0.00000225. The van der Waals surface area contributed by atoms with Gasteiger partial charge in [0.2, 0.25) is 11.8 Å². The number of aryl methyl sites for hydroxylation is 1. The summed E-state index contributed by atoms with van der Waals surface area (Å²) in [6, 6.07) is 14.8. The summed E-state index contributed by atoms with van der Waals surface area (Å²) >= 11 is 0. The predicted octanol–water partition coefficient (Wildman–Crippen LogP) is 3.20. The molecule has 0 aliphatic carbocycles. The van der Waals surface area contributed by atoms with Crippen molar-refractivity contribution < 1.29 is 9.59 Å². The largest absolute Gasteiger partial charge is 0.326 e. The molecule has 0 bridgehead atoms. The molecule has 0 fully saturated rings. The van der Waals surface area contributed by atoms with Crippen LogP contribution in [0.3, 0.4) is 0 Å². The van der Waals surface area contributed by atoms with Gasteiger partial charge in [-0.25, -0.2) is 0 Å². The van der Waals surface area contributed by atoms with Gasteiger partial charge in [0, 0.05) is 17.8 Å². The summed E-state index contributed by atoms with van der Waals surface area (Å²) in [4.78, 5) is 24.2. The van der Waals surface area contributed by atoms with Crippen molar-refractivity contribution in [2.24, 2.45) is 5.73 Å². The number of benzene rings is 2. The minimum absolute atomic E-state index is 0. The van der Waals surface area contributed by atoms with Gasteiger partial charge in [-0.2, -0.15) is 0 Å². The van der Waals surface area contributed by atoms with Gasteiger partial charge in [0.15, 0.2) is 0 Å². The second-order valence-corrected chi connectivity index (χ2v) is 6.30. The van der Waals surface area contributed by atoms with Gasteiger partial charge in [-0.1, -0.05) is 30.3 Å². The quantitative estimate of drug-likeness (QED) is 0.786. The third-order valence-corrected chi connectivity index (χ3v) is 4.33. The molecule has 6 heteroatoms. The molecule has 0 spiro atoms. The van der Waals surface area contributed by atoms with E-state index in [-0.39, 0.29) is 24.2 Å². The molecule has 1 unspecified atom stereocenters. The molecule has 0 radical (unpaired) electrons. The van der Waals surface area contributed by atoms with Gasteiger partial charge in [-0.3, -0.25) is 9.59 Å². The summed E-state index contributed by atoms with van der Waals surface area (Å²) in [5, 5.41) is 5.77. The van der Waals surface area contributed by atoms with Crippen molar-refractivity contribution in [1.82, 2.24) is 0 Å². The lowest BCUT2D eigenvalue weighted by Gasteiger charge is -2.24. The van der Waals surface area contributed by atoms with E-state index in [2.05, 4.69) is 10.6 Å². The van der Waals surface area contributed by atoms with E-state index in [1.165, 1.54) is 0 Å². The highest BCUT2D eigenvalue weighted by molar-refractivity contribution is 5.99. The maximum absolute atomic E-state index is 12.6. The average molecular weight is 360 g/mol. The Kier molecular flexibility index (Phi) is 5.82. The second-order valence-electron chi connectivity index (χ2n) is 6.30. The van der Waals surface area contributed by atoms with Gasteiger partial charge >= 0.3 is 0 Å². The minimum atomic E-state index is -1.12. The van der Waals surface area contributed by atoms with Crippen LogP contribution in [0.2, 0.25) is 0 Å². The normalized spacial score (nSPS) is 15.7. The highest BCUT2D eigenvalue weighted by Crippen LogP contribution is 2.26. The van der Waals surface area contributed by atoms with E-state index in [4.69, 9.17) is 5.73 Å². The van der Waals surface area contributed by atoms with Crippen LogP contribution in [0.25, 0.3) is 0 Å². The van der Waals surface area contributed by atoms with Crippen LogP contribution in [0, 0.1) is 0 Å². The number of nitrogens with one attached hydrogen (secondary N) is 2. The molecule has 25 heavy (non-hydrogen) atoms. The number of rotatable bonds is 3. The van der Waals surface area contributed by atoms with Crippen LogP contribution < -0.4 is 16.4 Å². The number of halogens is 1. The lowest BCUT2D eigenvalue weighted by Crippen LogP contribution is -2.45. The zero-order valence-electron chi connectivity index (χ0n) is 14.0. The molecule has 0 saturated heterocycles. The Morgan fingerprint density at radius 2 is 1.88 bits per heavy atom. The third kappa shape index (κ3) is 4.18. The minimum Gasteiger partial charge on any atom is -0.326 e. The number of nitrogens with two attached hydrogens (primary N) is 1. The maximum Gasteiger partial charge on any atom is 0.248 e. The van der Waals surface area contributed by atoms with E-state index in [1.54, 1.807) is 13.0 Å². The highest BCUT2D eigenvalue weighted by atomic mass is 35.5. The number of hydrogen-bond acceptors (Lipinski definition) is 3. The van der Waals surface area contributed by atoms with E-state index in [0.717, 1.165) is 29.7 Å². The van der Waals surface area contributed by atoms with E-state index in [0.29, 0.717) is 12.1 Å². The van der Waals surface area contributed by atoms with Crippen molar-refractivity contribution in [2.45, 2.75) is 31.7 Å². The molecule has 1 aliphatic rings. The van der Waals surface area contributed by atoms with E-state index >= 15 is 0 Å². The molecule has 2 aromatic rings. The van der Waals surface area contributed by atoms with Crippen LogP contribution in [0.4, 0.5) is 11.4 Å². The fraction of sp³-hybridized carbons (Fsp3) is 0.263. The molecule has 1 aliphatic heterocycles. The summed E-state index contributed by atoms with van der Waals surface area (Å²) in [7, 11) is 0.